The first-order valence-corrected chi connectivity index (χ1v) is 7.93. The Morgan fingerprint density at radius 2 is 1.81 bits per heavy atom. The van der Waals surface area contributed by atoms with Gasteiger partial charge in [0.15, 0.2) is 0 Å². The Kier molecular flexibility index (Phi) is 8.23. The summed E-state index contributed by atoms with van der Waals surface area (Å²) < 4.78 is 9.44. The summed E-state index contributed by atoms with van der Waals surface area (Å²) in [5, 5.41) is 13.0. The van der Waals surface area contributed by atoms with Crippen molar-refractivity contribution in [1.82, 2.24) is 5.32 Å². The minimum absolute atomic E-state index is 0.0227. The van der Waals surface area contributed by atoms with E-state index >= 15 is 0 Å². The van der Waals surface area contributed by atoms with Gasteiger partial charge < -0.3 is 14.8 Å². The van der Waals surface area contributed by atoms with E-state index in [2.05, 4.69) is 5.32 Å². The molecule has 0 atom stereocenters. The predicted molar refractivity (Wildman–Crippen MR) is 92.3 cm³/mol. The van der Waals surface area contributed by atoms with Crippen LogP contribution in [-0.4, -0.2) is 42.0 Å². The first-order chi connectivity index (χ1) is 12.3. The van der Waals surface area contributed by atoms with Gasteiger partial charge in [-0.25, -0.2) is 9.59 Å². The van der Waals surface area contributed by atoms with Gasteiger partial charge in [0.1, 0.15) is 5.02 Å². The fourth-order valence-electron chi connectivity index (χ4n) is 1.80. The van der Waals surface area contributed by atoms with E-state index in [-0.39, 0.29) is 23.9 Å². The number of hydrogen-bond acceptors (Lipinski definition) is 7. The van der Waals surface area contributed by atoms with Crippen molar-refractivity contribution in [3.05, 3.63) is 45.0 Å². The number of nitro benzene ring substituents is 1. The maximum Gasteiger partial charge on any atom is 0.340 e. The molecular formula is C16H17ClN2O7. The molecule has 0 fully saturated rings. The molecule has 1 aromatic rings. The molecule has 0 heterocycles. The van der Waals surface area contributed by atoms with E-state index < -0.39 is 28.8 Å². The Morgan fingerprint density at radius 1 is 1.23 bits per heavy atom. The molecule has 1 amide bonds. The van der Waals surface area contributed by atoms with Crippen LogP contribution in [0.1, 0.15) is 19.4 Å². The SMILES string of the molecule is CCOC(=O)C(NC(=O)/C=C/c1ccc(Cl)c([N+](=O)[O-])c1)C(=O)OCC. The normalized spacial score (nSPS) is 10.6. The number of nitrogens with one attached hydrogen (secondary N) is 1. The number of nitro groups is 1. The van der Waals surface area contributed by atoms with E-state index in [1.54, 1.807) is 13.8 Å². The van der Waals surface area contributed by atoms with Crippen molar-refractivity contribution < 1.29 is 28.8 Å². The Bertz CT molecular complexity index is 715. The van der Waals surface area contributed by atoms with Gasteiger partial charge in [0, 0.05) is 12.1 Å². The van der Waals surface area contributed by atoms with Crippen molar-refractivity contribution in [2.24, 2.45) is 0 Å². The van der Waals surface area contributed by atoms with Crippen LogP contribution in [0, 0.1) is 10.1 Å². The van der Waals surface area contributed by atoms with Crippen LogP contribution in [-0.2, 0) is 23.9 Å². The molecule has 0 radical (unpaired) electrons. The molecule has 0 aliphatic rings. The quantitative estimate of drug-likeness (QED) is 0.238. The molecule has 0 saturated heterocycles. The van der Waals surface area contributed by atoms with Gasteiger partial charge in [-0.2, -0.15) is 0 Å². The van der Waals surface area contributed by atoms with Gasteiger partial charge in [-0.1, -0.05) is 17.7 Å². The number of carbonyl (C=O) groups is 3. The lowest BCUT2D eigenvalue weighted by Gasteiger charge is -2.14. The molecular weight excluding hydrogens is 368 g/mol. The van der Waals surface area contributed by atoms with Gasteiger partial charge in [0.25, 0.3) is 5.69 Å². The molecule has 0 saturated carbocycles. The number of benzene rings is 1. The van der Waals surface area contributed by atoms with Crippen molar-refractivity contribution in [3.63, 3.8) is 0 Å². The fraction of sp³-hybridized carbons (Fsp3) is 0.312. The number of nitrogens with zero attached hydrogens (tertiary/aromatic N) is 1. The molecule has 0 aromatic heterocycles. The summed E-state index contributed by atoms with van der Waals surface area (Å²) in [5.41, 5.74) is 0.0187. The first kappa shape index (κ1) is 21.1. The smallest absolute Gasteiger partial charge is 0.340 e. The molecule has 1 rings (SSSR count). The van der Waals surface area contributed by atoms with Crippen molar-refractivity contribution in [1.29, 1.82) is 0 Å². The van der Waals surface area contributed by atoms with Crippen LogP contribution in [0.25, 0.3) is 6.08 Å². The lowest BCUT2D eigenvalue weighted by Crippen LogP contribution is -2.47. The molecule has 0 aliphatic carbocycles. The maximum absolute atomic E-state index is 12.0. The van der Waals surface area contributed by atoms with Gasteiger partial charge in [0.2, 0.25) is 11.9 Å². The third-order valence-corrected chi connectivity index (χ3v) is 3.24. The van der Waals surface area contributed by atoms with E-state index in [1.807, 2.05) is 0 Å². The number of hydrogen-bond donors (Lipinski definition) is 1. The van der Waals surface area contributed by atoms with Crippen LogP contribution in [0.15, 0.2) is 24.3 Å². The number of halogens is 1. The number of rotatable bonds is 8. The molecule has 140 valence electrons. The topological polar surface area (TPSA) is 125 Å². The summed E-state index contributed by atoms with van der Waals surface area (Å²) in [6, 6.07) is 2.36. The molecule has 0 aliphatic heterocycles. The summed E-state index contributed by atoms with van der Waals surface area (Å²) in [6.07, 6.45) is 2.28. The Morgan fingerprint density at radius 3 is 2.31 bits per heavy atom. The third-order valence-electron chi connectivity index (χ3n) is 2.93. The van der Waals surface area contributed by atoms with Crippen LogP contribution < -0.4 is 5.32 Å². The van der Waals surface area contributed by atoms with Gasteiger partial charge in [0.05, 0.1) is 18.1 Å². The Hall–Kier alpha value is -2.94. The number of carbonyl (C=O) groups excluding carboxylic acids is 3. The Balaban J connectivity index is 2.88. The fourth-order valence-corrected chi connectivity index (χ4v) is 1.99. The summed E-state index contributed by atoms with van der Waals surface area (Å²) in [4.78, 5) is 45.7. The lowest BCUT2D eigenvalue weighted by molar-refractivity contribution is -0.384. The van der Waals surface area contributed by atoms with Gasteiger partial charge >= 0.3 is 11.9 Å². The number of ether oxygens (including phenoxy) is 2. The highest BCUT2D eigenvalue weighted by Gasteiger charge is 2.30. The monoisotopic (exact) mass is 384 g/mol. The van der Waals surface area contributed by atoms with Crippen molar-refractivity contribution in [2.45, 2.75) is 19.9 Å². The average Bonchev–Trinajstić information content (AvgIpc) is 2.59. The summed E-state index contributed by atoms with van der Waals surface area (Å²) >= 11 is 5.70. The molecule has 1 N–H and O–H groups in total. The third kappa shape index (κ3) is 6.17. The molecule has 0 unspecified atom stereocenters. The second-order valence-electron chi connectivity index (χ2n) is 4.75. The average molecular weight is 385 g/mol. The van der Waals surface area contributed by atoms with E-state index in [0.29, 0.717) is 5.56 Å². The highest BCUT2D eigenvalue weighted by molar-refractivity contribution is 6.32. The van der Waals surface area contributed by atoms with Gasteiger partial charge in [-0.05, 0) is 31.6 Å². The van der Waals surface area contributed by atoms with E-state index in [4.69, 9.17) is 21.1 Å². The predicted octanol–water partition coefficient (Wildman–Crippen LogP) is 1.87. The minimum atomic E-state index is -1.60. The zero-order valence-corrected chi connectivity index (χ0v) is 14.8. The molecule has 26 heavy (non-hydrogen) atoms. The van der Waals surface area contributed by atoms with Gasteiger partial charge in [-0.15, -0.1) is 0 Å². The molecule has 9 nitrogen and oxygen atoms in total. The number of amides is 1. The van der Waals surface area contributed by atoms with Crippen LogP contribution in [0.5, 0.6) is 0 Å². The van der Waals surface area contributed by atoms with Crippen LogP contribution in [0.3, 0.4) is 0 Å². The van der Waals surface area contributed by atoms with E-state index in [1.165, 1.54) is 24.3 Å². The van der Waals surface area contributed by atoms with Crippen LogP contribution in [0.2, 0.25) is 5.02 Å². The second-order valence-corrected chi connectivity index (χ2v) is 5.15. The van der Waals surface area contributed by atoms with Crippen molar-refractivity contribution in [3.8, 4) is 0 Å². The van der Waals surface area contributed by atoms with E-state index in [9.17, 15) is 24.5 Å². The summed E-state index contributed by atoms with van der Waals surface area (Å²) in [5.74, 6) is -2.68. The standard InChI is InChI=1S/C16H17ClN2O7/c1-3-25-15(21)14(16(22)26-4-2)18-13(20)8-6-10-5-7-11(17)12(9-10)19(23)24/h5-9,14H,3-4H2,1-2H3,(H,18,20)/b8-6+. The Labute approximate surface area is 154 Å². The highest BCUT2D eigenvalue weighted by atomic mass is 35.5. The van der Waals surface area contributed by atoms with Gasteiger partial charge in [-0.3, -0.25) is 14.9 Å². The van der Waals surface area contributed by atoms with Crippen molar-refractivity contribution >= 4 is 41.2 Å². The lowest BCUT2D eigenvalue weighted by atomic mass is 10.2. The molecule has 0 bridgehead atoms. The first-order valence-electron chi connectivity index (χ1n) is 7.55. The minimum Gasteiger partial charge on any atom is -0.464 e. The highest BCUT2D eigenvalue weighted by Crippen LogP contribution is 2.25. The zero-order chi connectivity index (χ0) is 19.7. The van der Waals surface area contributed by atoms with Crippen LogP contribution >= 0.6 is 11.6 Å². The largest absolute Gasteiger partial charge is 0.464 e. The summed E-state index contributed by atoms with van der Waals surface area (Å²) in [7, 11) is 0. The maximum atomic E-state index is 12.0. The zero-order valence-electron chi connectivity index (χ0n) is 14.1. The number of esters is 2. The molecule has 1 aromatic carbocycles. The molecule has 10 heteroatoms. The van der Waals surface area contributed by atoms with Crippen molar-refractivity contribution in [2.75, 3.05) is 13.2 Å². The summed E-state index contributed by atoms with van der Waals surface area (Å²) in [6.45, 7) is 3.15. The van der Waals surface area contributed by atoms with E-state index in [0.717, 1.165) is 6.08 Å². The second kappa shape index (κ2) is 10.1. The van der Waals surface area contributed by atoms with Crippen LogP contribution in [0.4, 0.5) is 5.69 Å². The molecule has 0 spiro atoms.